The van der Waals surface area contributed by atoms with Crippen LogP contribution in [0.3, 0.4) is 0 Å². The number of aromatic nitrogens is 1. The Bertz CT molecular complexity index is 755. The Hall–Kier alpha value is -2.65. The summed E-state index contributed by atoms with van der Waals surface area (Å²) in [5, 5.41) is 11.5. The third-order valence-electron chi connectivity index (χ3n) is 4.39. The lowest BCUT2D eigenvalue weighted by Gasteiger charge is -2.29. The molecule has 0 unspecified atom stereocenters. The number of piperidine rings is 1. The highest BCUT2D eigenvalue weighted by Crippen LogP contribution is 2.30. The molecule has 0 bridgehead atoms. The van der Waals surface area contributed by atoms with E-state index in [0.717, 1.165) is 35.6 Å². The highest BCUT2D eigenvalue weighted by Gasteiger charge is 2.24. The first kappa shape index (κ1) is 18.2. The van der Waals surface area contributed by atoms with Gasteiger partial charge in [0.15, 0.2) is 0 Å². The number of ether oxygens (including phenoxy) is 1. The van der Waals surface area contributed by atoms with Crippen LogP contribution in [0, 0.1) is 5.41 Å². The van der Waals surface area contributed by atoms with Crippen LogP contribution in [0.15, 0.2) is 29.6 Å². The molecular weight excluding hydrogens is 352 g/mol. The van der Waals surface area contributed by atoms with Gasteiger partial charge in [0.05, 0.1) is 16.4 Å². The fourth-order valence-corrected chi connectivity index (χ4v) is 3.85. The van der Waals surface area contributed by atoms with E-state index in [1.165, 1.54) is 5.01 Å². The van der Waals surface area contributed by atoms with Crippen LogP contribution < -0.4 is 21.3 Å². The van der Waals surface area contributed by atoms with E-state index in [0.29, 0.717) is 31.3 Å². The zero-order chi connectivity index (χ0) is 18.5. The first-order chi connectivity index (χ1) is 12.6. The highest BCUT2D eigenvalue weighted by atomic mass is 32.1. The standard InChI is InChI=1S/C17H22N6O2S/c18-11-23(20)14-1-3-15(4-2-14)25-9-13-10-26-16(21-13)12-5-7-22(8-6-12)17(19)24/h1-4,10-12,18H,5-9,20H2,(H2,19,24). The summed E-state index contributed by atoms with van der Waals surface area (Å²) in [4.78, 5) is 17.6. The maximum Gasteiger partial charge on any atom is 0.314 e. The number of likely N-dealkylation sites (tertiary alicyclic amines) is 1. The first-order valence-electron chi connectivity index (χ1n) is 8.33. The molecule has 1 aromatic carbocycles. The predicted molar refractivity (Wildman–Crippen MR) is 101 cm³/mol. The number of primary amides is 1. The van der Waals surface area contributed by atoms with Crippen molar-refractivity contribution in [3.63, 3.8) is 0 Å². The molecule has 5 N–H and O–H groups in total. The Morgan fingerprint density at radius 1 is 1.38 bits per heavy atom. The van der Waals surface area contributed by atoms with Gasteiger partial charge in [-0.05, 0) is 37.1 Å². The van der Waals surface area contributed by atoms with Crippen molar-refractivity contribution in [3.05, 3.63) is 40.3 Å². The van der Waals surface area contributed by atoms with Crippen molar-refractivity contribution in [2.75, 3.05) is 18.1 Å². The third kappa shape index (κ3) is 4.30. The average molecular weight is 374 g/mol. The molecule has 3 rings (SSSR count). The maximum absolute atomic E-state index is 11.2. The Morgan fingerprint density at radius 2 is 2.08 bits per heavy atom. The van der Waals surface area contributed by atoms with E-state index in [-0.39, 0.29) is 6.03 Å². The summed E-state index contributed by atoms with van der Waals surface area (Å²) in [5.74, 6) is 6.71. The number of nitrogens with zero attached hydrogens (tertiary/aromatic N) is 3. The van der Waals surface area contributed by atoms with Gasteiger partial charge in [-0.25, -0.2) is 15.6 Å². The Balaban J connectivity index is 1.52. The van der Waals surface area contributed by atoms with Crippen molar-refractivity contribution in [3.8, 4) is 5.75 Å². The van der Waals surface area contributed by atoms with Gasteiger partial charge >= 0.3 is 6.03 Å². The molecule has 138 valence electrons. The summed E-state index contributed by atoms with van der Waals surface area (Å²) in [7, 11) is 0. The molecule has 1 aromatic heterocycles. The number of carbonyl (C=O) groups is 1. The third-order valence-corrected chi connectivity index (χ3v) is 5.44. The predicted octanol–water partition coefficient (Wildman–Crippen LogP) is 2.27. The summed E-state index contributed by atoms with van der Waals surface area (Å²) < 4.78 is 5.77. The molecule has 1 fully saturated rings. The zero-order valence-corrected chi connectivity index (χ0v) is 15.1. The van der Waals surface area contributed by atoms with E-state index in [1.807, 2.05) is 17.5 Å². The van der Waals surface area contributed by atoms with Gasteiger partial charge in [-0.15, -0.1) is 11.3 Å². The van der Waals surface area contributed by atoms with Gasteiger partial charge < -0.3 is 15.4 Å². The smallest absolute Gasteiger partial charge is 0.314 e. The Labute approximate surface area is 155 Å². The molecule has 0 aliphatic carbocycles. The van der Waals surface area contributed by atoms with E-state index in [9.17, 15) is 4.79 Å². The Morgan fingerprint density at radius 3 is 2.69 bits per heavy atom. The quantitative estimate of drug-likeness (QED) is 0.310. The number of carbonyl (C=O) groups excluding carboxylic acids is 1. The lowest BCUT2D eigenvalue weighted by Crippen LogP contribution is -2.41. The molecule has 9 heteroatoms. The highest BCUT2D eigenvalue weighted by molar-refractivity contribution is 7.09. The van der Waals surface area contributed by atoms with E-state index in [2.05, 4.69) is 4.98 Å². The molecule has 2 amide bonds. The largest absolute Gasteiger partial charge is 0.487 e. The zero-order valence-electron chi connectivity index (χ0n) is 14.3. The SMILES string of the molecule is N=CN(N)c1ccc(OCc2csc(C3CCN(C(N)=O)CC3)n2)cc1. The van der Waals surface area contributed by atoms with Gasteiger partial charge in [0.2, 0.25) is 0 Å². The lowest BCUT2D eigenvalue weighted by molar-refractivity contribution is 0.190. The van der Waals surface area contributed by atoms with Crippen LogP contribution in [-0.2, 0) is 6.61 Å². The monoisotopic (exact) mass is 374 g/mol. The molecule has 2 aromatic rings. The average Bonchev–Trinajstić information content (AvgIpc) is 3.15. The summed E-state index contributed by atoms with van der Waals surface area (Å²) in [6.07, 6.45) is 2.82. The number of urea groups is 1. The van der Waals surface area contributed by atoms with Crippen LogP contribution >= 0.6 is 11.3 Å². The van der Waals surface area contributed by atoms with Crippen molar-refractivity contribution < 1.29 is 9.53 Å². The number of amides is 2. The normalized spacial score (nSPS) is 14.9. The van der Waals surface area contributed by atoms with Crippen molar-refractivity contribution in [1.29, 1.82) is 5.41 Å². The van der Waals surface area contributed by atoms with Crippen LogP contribution in [-0.4, -0.2) is 35.3 Å². The molecule has 26 heavy (non-hydrogen) atoms. The van der Waals surface area contributed by atoms with Crippen molar-refractivity contribution in [1.82, 2.24) is 9.88 Å². The number of rotatable bonds is 6. The van der Waals surface area contributed by atoms with Crippen molar-refractivity contribution in [2.24, 2.45) is 11.6 Å². The maximum atomic E-state index is 11.2. The van der Waals surface area contributed by atoms with Gasteiger partial charge in [0, 0.05) is 24.4 Å². The molecule has 8 nitrogen and oxygen atoms in total. The number of anilines is 1. The molecule has 2 heterocycles. The molecule has 0 spiro atoms. The number of hydrazine groups is 1. The molecular formula is C17H22N6O2S. The number of nitrogens with one attached hydrogen (secondary N) is 1. The molecule has 0 atom stereocenters. The van der Waals surface area contributed by atoms with Crippen molar-refractivity contribution >= 4 is 29.4 Å². The van der Waals surface area contributed by atoms with Gasteiger partial charge in [0.1, 0.15) is 18.7 Å². The summed E-state index contributed by atoms with van der Waals surface area (Å²) in [5.41, 5.74) is 6.93. The lowest BCUT2D eigenvalue weighted by atomic mass is 9.98. The van der Waals surface area contributed by atoms with E-state index >= 15 is 0 Å². The van der Waals surface area contributed by atoms with Crippen LogP contribution in [0.4, 0.5) is 10.5 Å². The first-order valence-corrected chi connectivity index (χ1v) is 9.21. The number of hydrogen-bond acceptors (Lipinski definition) is 6. The van der Waals surface area contributed by atoms with Crippen LogP contribution in [0.1, 0.15) is 29.5 Å². The molecule has 1 saturated heterocycles. The number of thiazole rings is 1. The van der Waals surface area contributed by atoms with Gasteiger partial charge in [0.25, 0.3) is 0 Å². The fraction of sp³-hybridized carbons (Fsp3) is 0.353. The summed E-state index contributed by atoms with van der Waals surface area (Å²) in [6, 6.07) is 6.86. The number of benzene rings is 1. The van der Waals surface area contributed by atoms with Gasteiger partial charge in [-0.1, -0.05) is 0 Å². The summed E-state index contributed by atoms with van der Waals surface area (Å²) in [6.45, 7) is 1.77. The van der Waals surface area contributed by atoms with Crippen LogP contribution in [0.25, 0.3) is 0 Å². The van der Waals surface area contributed by atoms with Crippen molar-refractivity contribution in [2.45, 2.75) is 25.4 Å². The molecule has 1 aliphatic heterocycles. The molecule has 0 radical (unpaired) electrons. The topological polar surface area (TPSA) is 122 Å². The number of hydrogen-bond donors (Lipinski definition) is 3. The minimum absolute atomic E-state index is 0.346. The fourth-order valence-electron chi connectivity index (χ4n) is 2.87. The number of nitrogens with two attached hydrogens (primary N) is 2. The summed E-state index contributed by atoms with van der Waals surface area (Å²) >= 11 is 1.64. The Kier molecular flexibility index (Phi) is 5.69. The van der Waals surface area contributed by atoms with Gasteiger partial charge in [-0.3, -0.25) is 10.4 Å². The molecule has 0 saturated carbocycles. The van der Waals surface area contributed by atoms with E-state index in [1.54, 1.807) is 28.4 Å². The van der Waals surface area contributed by atoms with Gasteiger partial charge in [-0.2, -0.15) is 0 Å². The minimum Gasteiger partial charge on any atom is -0.487 e. The van der Waals surface area contributed by atoms with E-state index < -0.39 is 0 Å². The second kappa shape index (κ2) is 8.15. The minimum atomic E-state index is -0.346. The van der Waals surface area contributed by atoms with Crippen LogP contribution in [0.5, 0.6) is 5.75 Å². The second-order valence-electron chi connectivity index (χ2n) is 6.10. The van der Waals surface area contributed by atoms with E-state index in [4.69, 9.17) is 21.7 Å². The molecule has 1 aliphatic rings. The second-order valence-corrected chi connectivity index (χ2v) is 6.99. The van der Waals surface area contributed by atoms with Crippen LogP contribution in [0.2, 0.25) is 0 Å².